The monoisotopic (exact) mass is 398 g/mol. The zero-order chi connectivity index (χ0) is 19.5. The van der Waals surface area contributed by atoms with E-state index in [4.69, 9.17) is 0 Å². The third-order valence-corrected chi connectivity index (χ3v) is 6.56. The maximum atomic E-state index is 12.7. The van der Waals surface area contributed by atoms with Crippen molar-refractivity contribution in [3.8, 4) is 0 Å². The summed E-state index contributed by atoms with van der Waals surface area (Å²) in [6.45, 7) is 1.57. The molecule has 146 valence electrons. The van der Waals surface area contributed by atoms with E-state index in [0.29, 0.717) is 38.3 Å². The number of hydrogen-bond acceptors (Lipinski definition) is 3. The lowest BCUT2D eigenvalue weighted by Gasteiger charge is -2.35. The number of piperazine rings is 1. The predicted molar refractivity (Wildman–Crippen MR) is 99.2 cm³/mol. The van der Waals surface area contributed by atoms with E-state index in [2.05, 4.69) is 0 Å². The Morgan fingerprint density at radius 1 is 0.852 bits per heavy atom. The lowest BCUT2D eigenvalue weighted by molar-refractivity contribution is -0.137. The highest BCUT2D eigenvalue weighted by Crippen LogP contribution is 2.30. The van der Waals surface area contributed by atoms with Crippen molar-refractivity contribution in [2.24, 2.45) is 0 Å². The molecule has 0 spiro atoms. The van der Waals surface area contributed by atoms with Gasteiger partial charge in [0.05, 0.1) is 11.3 Å². The average Bonchev–Trinajstić information content (AvgIpc) is 2.67. The van der Waals surface area contributed by atoms with Crippen LogP contribution < -0.4 is 4.90 Å². The van der Waals surface area contributed by atoms with Gasteiger partial charge >= 0.3 is 6.18 Å². The fraction of sp³-hybridized carbons (Fsp3) is 0.368. The first kappa shape index (κ1) is 19.7. The Morgan fingerprint density at radius 2 is 1.44 bits per heavy atom. The Bertz CT molecular complexity index is 845. The molecule has 0 atom stereocenters. The molecule has 1 aliphatic rings. The molecule has 2 aromatic rings. The molecule has 0 saturated carbocycles. The van der Waals surface area contributed by atoms with Gasteiger partial charge in [-0.25, -0.2) is 8.42 Å². The topological polar surface area (TPSA) is 40.6 Å². The van der Waals surface area contributed by atoms with E-state index >= 15 is 0 Å². The van der Waals surface area contributed by atoms with Gasteiger partial charge in [0.25, 0.3) is 0 Å². The molecule has 8 heteroatoms. The molecular formula is C19H21F3N2O2S. The first-order valence-corrected chi connectivity index (χ1v) is 10.3. The summed E-state index contributed by atoms with van der Waals surface area (Å²) in [6.07, 6.45) is -3.90. The van der Waals surface area contributed by atoms with E-state index in [1.807, 2.05) is 35.2 Å². The van der Waals surface area contributed by atoms with Crippen molar-refractivity contribution < 1.29 is 21.6 Å². The largest absolute Gasteiger partial charge is 0.416 e. The highest BCUT2D eigenvalue weighted by Gasteiger charge is 2.31. The molecule has 0 bridgehead atoms. The van der Waals surface area contributed by atoms with Crippen LogP contribution in [0.3, 0.4) is 0 Å². The van der Waals surface area contributed by atoms with Crippen LogP contribution in [-0.2, 0) is 22.6 Å². The van der Waals surface area contributed by atoms with Crippen molar-refractivity contribution in [1.29, 1.82) is 0 Å². The van der Waals surface area contributed by atoms with Gasteiger partial charge in [-0.05, 0) is 36.2 Å². The van der Waals surface area contributed by atoms with Crippen LogP contribution in [0.2, 0.25) is 0 Å². The van der Waals surface area contributed by atoms with E-state index in [-0.39, 0.29) is 5.75 Å². The van der Waals surface area contributed by atoms with Crippen LogP contribution in [0.15, 0.2) is 54.6 Å². The predicted octanol–water partition coefficient (Wildman–Crippen LogP) is 3.40. The van der Waals surface area contributed by atoms with Gasteiger partial charge in [0, 0.05) is 31.9 Å². The van der Waals surface area contributed by atoms with Gasteiger partial charge < -0.3 is 4.90 Å². The molecule has 2 aromatic carbocycles. The number of benzene rings is 2. The zero-order valence-electron chi connectivity index (χ0n) is 14.7. The van der Waals surface area contributed by atoms with Crippen LogP contribution in [0.5, 0.6) is 0 Å². The number of anilines is 1. The van der Waals surface area contributed by atoms with Crippen molar-refractivity contribution in [3.63, 3.8) is 0 Å². The second-order valence-corrected chi connectivity index (χ2v) is 8.57. The number of rotatable bonds is 5. The second kappa shape index (κ2) is 7.90. The maximum Gasteiger partial charge on any atom is 0.416 e. The highest BCUT2D eigenvalue weighted by atomic mass is 32.2. The van der Waals surface area contributed by atoms with E-state index in [1.165, 1.54) is 16.4 Å². The van der Waals surface area contributed by atoms with Gasteiger partial charge in [0.1, 0.15) is 0 Å². The SMILES string of the molecule is O=S(=O)(CCc1ccccc1)N1CCN(c2ccc(C(F)(F)F)cc2)CC1. The molecule has 0 aliphatic carbocycles. The van der Waals surface area contributed by atoms with Crippen LogP contribution in [0.4, 0.5) is 18.9 Å². The van der Waals surface area contributed by atoms with Crippen molar-refractivity contribution in [2.45, 2.75) is 12.6 Å². The molecule has 1 fully saturated rings. The molecule has 0 aromatic heterocycles. The average molecular weight is 398 g/mol. The van der Waals surface area contributed by atoms with Gasteiger partial charge in [0.2, 0.25) is 10.0 Å². The van der Waals surface area contributed by atoms with Crippen molar-refractivity contribution in [2.75, 3.05) is 36.8 Å². The minimum Gasteiger partial charge on any atom is -0.369 e. The summed E-state index contributed by atoms with van der Waals surface area (Å²) in [4.78, 5) is 1.91. The number of sulfonamides is 1. The van der Waals surface area contributed by atoms with E-state index in [1.54, 1.807) is 0 Å². The molecule has 1 aliphatic heterocycles. The standard InChI is InChI=1S/C19H21F3N2O2S/c20-19(21,22)17-6-8-18(9-7-17)23-11-13-24(14-12-23)27(25,26)15-10-16-4-2-1-3-5-16/h1-9H,10-15H2. The van der Waals surface area contributed by atoms with Gasteiger partial charge in [-0.1, -0.05) is 30.3 Å². The van der Waals surface area contributed by atoms with Crippen molar-refractivity contribution in [1.82, 2.24) is 4.31 Å². The first-order chi connectivity index (χ1) is 12.8. The molecule has 3 rings (SSSR count). The normalized spacial score (nSPS) is 16.5. The molecule has 1 heterocycles. The molecule has 0 amide bonds. The minimum atomic E-state index is -4.36. The van der Waals surface area contributed by atoms with Crippen LogP contribution in [0, 0.1) is 0 Å². The summed E-state index contributed by atoms with van der Waals surface area (Å²) in [6, 6.07) is 14.4. The van der Waals surface area contributed by atoms with Crippen LogP contribution in [0.1, 0.15) is 11.1 Å². The third-order valence-electron chi connectivity index (χ3n) is 4.68. The Kier molecular flexibility index (Phi) is 5.76. The molecule has 0 unspecified atom stereocenters. The Morgan fingerprint density at radius 3 is 2.00 bits per heavy atom. The van der Waals surface area contributed by atoms with Crippen LogP contribution >= 0.6 is 0 Å². The molecule has 1 saturated heterocycles. The Labute approximate surface area is 157 Å². The maximum absolute atomic E-state index is 12.7. The van der Waals surface area contributed by atoms with Crippen LogP contribution in [-0.4, -0.2) is 44.7 Å². The molecular weight excluding hydrogens is 377 g/mol. The second-order valence-electron chi connectivity index (χ2n) is 6.48. The quantitative estimate of drug-likeness (QED) is 0.775. The number of hydrogen-bond donors (Lipinski definition) is 0. The summed E-state index contributed by atoms with van der Waals surface area (Å²) in [7, 11) is -3.36. The highest BCUT2D eigenvalue weighted by molar-refractivity contribution is 7.89. The lowest BCUT2D eigenvalue weighted by atomic mass is 10.2. The molecule has 0 radical (unpaired) electrons. The summed E-state index contributed by atoms with van der Waals surface area (Å²) in [5.41, 5.74) is 0.960. The lowest BCUT2D eigenvalue weighted by Crippen LogP contribution is -2.49. The van der Waals surface area contributed by atoms with E-state index in [0.717, 1.165) is 17.7 Å². The summed E-state index contributed by atoms with van der Waals surface area (Å²) in [5.74, 6) is 0.0529. The van der Waals surface area contributed by atoms with Crippen molar-refractivity contribution in [3.05, 3.63) is 65.7 Å². The molecule has 4 nitrogen and oxygen atoms in total. The number of nitrogens with zero attached hydrogens (tertiary/aromatic N) is 2. The number of aryl methyl sites for hydroxylation is 1. The number of alkyl halides is 3. The molecule has 0 N–H and O–H groups in total. The Balaban J connectivity index is 1.56. The summed E-state index contributed by atoms with van der Waals surface area (Å²) < 4.78 is 64.5. The van der Waals surface area contributed by atoms with E-state index < -0.39 is 21.8 Å². The Hall–Kier alpha value is -2.06. The zero-order valence-corrected chi connectivity index (χ0v) is 15.5. The smallest absolute Gasteiger partial charge is 0.369 e. The molecule has 27 heavy (non-hydrogen) atoms. The van der Waals surface area contributed by atoms with E-state index in [9.17, 15) is 21.6 Å². The van der Waals surface area contributed by atoms with Gasteiger partial charge in [-0.2, -0.15) is 17.5 Å². The fourth-order valence-electron chi connectivity index (χ4n) is 3.11. The van der Waals surface area contributed by atoms with Crippen LogP contribution in [0.25, 0.3) is 0 Å². The fourth-order valence-corrected chi connectivity index (χ4v) is 4.58. The third kappa shape index (κ3) is 5.01. The van der Waals surface area contributed by atoms with Crippen molar-refractivity contribution >= 4 is 15.7 Å². The van der Waals surface area contributed by atoms with Gasteiger partial charge in [-0.3, -0.25) is 0 Å². The van der Waals surface area contributed by atoms with Gasteiger partial charge in [-0.15, -0.1) is 0 Å². The summed E-state index contributed by atoms with van der Waals surface area (Å²) in [5, 5.41) is 0. The first-order valence-electron chi connectivity index (χ1n) is 8.70. The summed E-state index contributed by atoms with van der Waals surface area (Å²) >= 11 is 0. The number of halogens is 3. The van der Waals surface area contributed by atoms with Gasteiger partial charge in [0.15, 0.2) is 0 Å². The minimum absolute atomic E-state index is 0.0529.